The molecule has 64 valence electrons. The summed E-state index contributed by atoms with van der Waals surface area (Å²) in [6.45, 7) is 2.17. The lowest BCUT2D eigenvalue weighted by Crippen LogP contribution is -1.87. The van der Waals surface area contributed by atoms with Crippen molar-refractivity contribution in [3.63, 3.8) is 0 Å². The van der Waals surface area contributed by atoms with Gasteiger partial charge in [0.05, 0.1) is 6.61 Å². The SMILES string of the molecule is CC(=CCO)Cc1ccccc1. The zero-order valence-corrected chi connectivity index (χ0v) is 7.33. The molecule has 0 aliphatic heterocycles. The van der Waals surface area contributed by atoms with E-state index in [9.17, 15) is 0 Å². The largest absolute Gasteiger partial charge is 0.392 e. The third kappa shape index (κ3) is 2.89. The molecule has 1 rings (SSSR count). The van der Waals surface area contributed by atoms with Gasteiger partial charge in [-0.25, -0.2) is 0 Å². The van der Waals surface area contributed by atoms with Crippen molar-refractivity contribution in [3.8, 4) is 0 Å². The van der Waals surface area contributed by atoms with E-state index >= 15 is 0 Å². The summed E-state index contributed by atoms with van der Waals surface area (Å²) in [5.74, 6) is 0. The van der Waals surface area contributed by atoms with Crippen LogP contribution in [0.1, 0.15) is 12.5 Å². The number of rotatable bonds is 3. The van der Waals surface area contributed by atoms with Crippen LogP contribution in [0.3, 0.4) is 0 Å². The Morgan fingerprint density at radius 1 is 1.33 bits per heavy atom. The lowest BCUT2D eigenvalue weighted by atomic mass is 10.1. The molecule has 1 aromatic rings. The maximum atomic E-state index is 8.64. The maximum absolute atomic E-state index is 8.64. The minimum Gasteiger partial charge on any atom is -0.392 e. The summed E-state index contributed by atoms with van der Waals surface area (Å²) in [6, 6.07) is 10.3. The average molecular weight is 162 g/mol. The highest BCUT2D eigenvalue weighted by Crippen LogP contribution is 2.06. The van der Waals surface area contributed by atoms with E-state index in [0.717, 1.165) is 6.42 Å². The predicted octanol–water partition coefficient (Wildman–Crippen LogP) is 2.17. The molecule has 0 spiro atoms. The second-order valence-electron chi connectivity index (χ2n) is 2.90. The first kappa shape index (κ1) is 9.01. The molecule has 0 radical (unpaired) electrons. The van der Waals surface area contributed by atoms with Gasteiger partial charge in [-0.15, -0.1) is 0 Å². The minimum absolute atomic E-state index is 0.138. The Labute approximate surface area is 73.4 Å². The number of aliphatic hydroxyl groups excluding tert-OH is 1. The van der Waals surface area contributed by atoms with Crippen molar-refractivity contribution in [2.45, 2.75) is 13.3 Å². The monoisotopic (exact) mass is 162 g/mol. The first-order chi connectivity index (χ1) is 5.83. The average Bonchev–Trinajstić information content (AvgIpc) is 2.06. The Morgan fingerprint density at radius 2 is 2.00 bits per heavy atom. The van der Waals surface area contributed by atoms with Crippen LogP contribution < -0.4 is 0 Å². The van der Waals surface area contributed by atoms with Crippen molar-refractivity contribution in [2.75, 3.05) is 6.61 Å². The van der Waals surface area contributed by atoms with Crippen LogP contribution in [-0.4, -0.2) is 11.7 Å². The third-order valence-corrected chi connectivity index (χ3v) is 1.77. The lowest BCUT2D eigenvalue weighted by molar-refractivity contribution is 0.341. The molecule has 1 N–H and O–H groups in total. The van der Waals surface area contributed by atoms with Gasteiger partial charge in [-0.3, -0.25) is 0 Å². The molecule has 0 unspecified atom stereocenters. The van der Waals surface area contributed by atoms with Crippen molar-refractivity contribution in [2.24, 2.45) is 0 Å². The quantitative estimate of drug-likeness (QED) is 0.675. The first-order valence-corrected chi connectivity index (χ1v) is 4.13. The van der Waals surface area contributed by atoms with Gasteiger partial charge in [-0.05, 0) is 18.9 Å². The molecule has 0 aromatic heterocycles. The zero-order valence-electron chi connectivity index (χ0n) is 7.33. The first-order valence-electron chi connectivity index (χ1n) is 4.13. The van der Waals surface area contributed by atoms with Crippen molar-refractivity contribution >= 4 is 0 Å². The number of hydrogen-bond donors (Lipinski definition) is 1. The van der Waals surface area contributed by atoms with E-state index in [1.807, 2.05) is 31.2 Å². The summed E-state index contributed by atoms with van der Waals surface area (Å²) in [7, 11) is 0. The van der Waals surface area contributed by atoms with Gasteiger partial charge in [-0.1, -0.05) is 42.0 Å². The Balaban J connectivity index is 2.58. The summed E-state index contributed by atoms with van der Waals surface area (Å²) in [6.07, 6.45) is 2.77. The topological polar surface area (TPSA) is 20.2 Å². The molecule has 1 aromatic carbocycles. The molecule has 0 fully saturated rings. The zero-order chi connectivity index (χ0) is 8.81. The van der Waals surface area contributed by atoms with E-state index in [2.05, 4.69) is 12.1 Å². The van der Waals surface area contributed by atoms with Gasteiger partial charge in [0.2, 0.25) is 0 Å². The smallest absolute Gasteiger partial charge is 0.0615 e. The van der Waals surface area contributed by atoms with E-state index < -0.39 is 0 Å². The molecule has 0 aliphatic rings. The summed E-state index contributed by atoms with van der Waals surface area (Å²) < 4.78 is 0. The predicted molar refractivity (Wildman–Crippen MR) is 51.0 cm³/mol. The van der Waals surface area contributed by atoms with E-state index in [1.165, 1.54) is 11.1 Å². The fraction of sp³-hybridized carbons (Fsp3) is 0.273. The van der Waals surface area contributed by atoms with E-state index in [4.69, 9.17) is 5.11 Å². The molecular weight excluding hydrogens is 148 g/mol. The highest BCUT2D eigenvalue weighted by atomic mass is 16.2. The molecular formula is C11H14O. The van der Waals surface area contributed by atoms with Crippen LogP contribution in [-0.2, 0) is 6.42 Å². The van der Waals surface area contributed by atoms with Crippen LogP contribution >= 0.6 is 0 Å². The van der Waals surface area contributed by atoms with Gasteiger partial charge in [0, 0.05) is 0 Å². The number of benzene rings is 1. The second-order valence-corrected chi connectivity index (χ2v) is 2.90. The Hall–Kier alpha value is -1.08. The van der Waals surface area contributed by atoms with Crippen molar-refractivity contribution < 1.29 is 5.11 Å². The normalized spacial score (nSPS) is 11.7. The van der Waals surface area contributed by atoms with Gasteiger partial charge < -0.3 is 5.11 Å². The Morgan fingerprint density at radius 3 is 2.58 bits per heavy atom. The summed E-state index contributed by atoms with van der Waals surface area (Å²) in [5.41, 5.74) is 2.50. The Bertz CT molecular complexity index is 249. The van der Waals surface area contributed by atoms with E-state index in [0.29, 0.717) is 0 Å². The van der Waals surface area contributed by atoms with Crippen LogP contribution in [0.2, 0.25) is 0 Å². The molecule has 0 amide bonds. The van der Waals surface area contributed by atoms with Crippen LogP contribution in [0.5, 0.6) is 0 Å². The number of aliphatic hydroxyl groups is 1. The molecule has 0 heterocycles. The van der Waals surface area contributed by atoms with Gasteiger partial charge in [0.25, 0.3) is 0 Å². The number of hydrogen-bond acceptors (Lipinski definition) is 1. The van der Waals surface area contributed by atoms with Crippen molar-refractivity contribution in [3.05, 3.63) is 47.5 Å². The van der Waals surface area contributed by atoms with Crippen LogP contribution in [0, 0.1) is 0 Å². The standard InChI is InChI=1S/C11H14O/c1-10(7-8-12)9-11-5-3-2-4-6-11/h2-7,12H,8-9H2,1H3. The van der Waals surface area contributed by atoms with Crippen LogP contribution in [0.4, 0.5) is 0 Å². The fourth-order valence-corrected chi connectivity index (χ4v) is 1.15. The second kappa shape index (κ2) is 4.73. The lowest BCUT2D eigenvalue weighted by Gasteiger charge is -1.99. The van der Waals surface area contributed by atoms with Gasteiger partial charge in [0.1, 0.15) is 0 Å². The molecule has 0 saturated carbocycles. The molecule has 0 atom stereocenters. The van der Waals surface area contributed by atoms with E-state index in [-0.39, 0.29) is 6.61 Å². The summed E-state index contributed by atoms with van der Waals surface area (Å²) >= 11 is 0. The maximum Gasteiger partial charge on any atom is 0.0615 e. The Kier molecular flexibility index (Phi) is 3.55. The third-order valence-electron chi connectivity index (χ3n) is 1.77. The fourth-order valence-electron chi connectivity index (χ4n) is 1.15. The van der Waals surface area contributed by atoms with E-state index in [1.54, 1.807) is 0 Å². The molecule has 0 aliphatic carbocycles. The van der Waals surface area contributed by atoms with Gasteiger partial charge in [-0.2, -0.15) is 0 Å². The van der Waals surface area contributed by atoms with Crippen LogP contribution in [0.15, 0.2) is 42.0 Å². The van der Waals surface area contributed by atoms with Crippen molar-refractivity contribution in [1.82, 2.24) is 0 Å². The summed E-state index contributed by atoms with van der Waals surface area (Å²) in [5, 5.41) is 8.64. The molecule has 0 saturated heterocycles. The molecule has 0 bridgehead atoms. The number of allylic oxidation sites excluding steroid dienone is 1. The molecule has 12 heavy (non-hydrogen) atoms. The summed E-state index contributed by atoms with van der Waals surface area (Å²) in [4.78, 5) is 0. The molecule has 1 nitrogen and oxygen atoms in total. The van der Waals surface area contributed by atoms with Gasteiger partial charge in [0.15, 0.2) is 0 Å². The molecule has 1 heteroatoms. The van der Waals surface area contributed by atoms with Gasteiger partial charge >= 0.3 is 0 Å². The van der Waals surface area contributed by atoms with Crippen molar-refractivity contribution in [1.29, 1.82) is 0 Å². The highest BCUT2D eigenvalue weighted by Gasteiger charge is 1.91. The minimum atomic E-state index is 0.138. The van der Waals surface area contributed by atoms with Crippen LogP contribution in [0.25, 0.3) is 0 Å². The highest BCUT2D eigenvalue weighted by molar-refractivity contribution is 5.20.